The fourth-order valence-corrected chi connectivity index (χ4v) is 14.3. The molecule has 11 atom stereocenters. The molecule has 6 N–H and O–H groups in total. The molecule has 3 saturated carbocycles. The van der Waals surface area contributed by atoms with Crippen LogP contribution in [0.15, 0.2) is 11.6 Å². The summed E-state index contributed by atoms with van der Waals surface area (Å²) in [6.07, 6.45) is 20.1. The molecule has 0 bridgehead atoms. The highest BCUT2D eigenvalue weighted by molar-refractivity contribution is 8.00. The van der Waals surface area contributed by atoms with E-state index in [0.29, 0.717) is 101 Å². The van der Waals surface area contributed by atoms with Gasteiger partial charge in [-0.1, -0.05) is 38.8 Å². The molecule has 14 nitrogen and oxygen atoms in total. The smallest absolute Gasteiger partial charge is 0.315 e. The Kier molecular flexibility index (Phi) is 21.1. The average Bonchev–Trinajstić information content (AvgIpc) is 3.97. The summed E-state index contributed by atoms with van der Waals surface area (Å²) >= 11 is 1.89. The Balaban J connectivity index is 0.657. The number of fused-ring (bicyclic) bond motifs is 6. The molecular weight excluding hydrogens is 847 g/mol. The van der Waals surface area contributed by atoms with Gasteiger partial charge < -0.3 is 50.6 Å². The normalized spacial score (nSPS) is 31.7. The second kappa shape index (κ2) is 26.4. The summed E-state index contributed by atoms with van der Waals surface area (Å²) in [5.74, 6) is 4.55. The number of thioether (sulfide) groups is 1. The van der Waals surface area contributed by atoms with Gasteiger partial charge in [-0.2, -0.15) is 11.8 Å². The standard InChI is InChI=1S/C50H85N5O9S/c1-35(39-15-16-40-38-14-13-36-32-37(56)18-20-49(36,2)41(38)19-21-50(39,40)3)12-17-45(58)51-22-8-27-61-25-6-7-26-62-28-9-23-52-46(59)33-64-31-30-63-29-24-53-44(57)11-5-4-10-43-47-42(34-65-43)54-48(60)55-47/h13,35,37-43,47,56H,4-12,14-34H2,1-3H3,(H,51,58)(H,52,59)(H,53,57)(H2,54,55,60)/t35-,37+,38+,39-,40+,41+,42+,43+,47+,49+,50-/m1/s1. The number of aliphatic hydroxyl groups excluding tert-OH is 1. The van der Waals surface area contributed by atoms with E-state index in [9.17, 15) is 24.3 Å². The quantitative estimate of drug-likeness (QED) is 0.0282. The van der Waals surface area contributed by atoms with Crippen molar-refractivity contribution in [1.82, 2.24) is 26.6 Å². The number of rotatable bonds is 30. The Labute approximate surface area is 394 Å². The van der Waals surface area contributed by atoms with Crippen LogP contribution in [-0.4, -0.2) is 131 Å². The Morgan fingerprint density at radius 1 is 0.769 bits per heavy atom. The van der Waals surface area contributed by atoms with Gasteiger partial charge >= 0.3 is 6.03 Å². The van der Waals surface area contributed by atoms with E-state index in [2.05, 4.69) is 53.4 Å². The molecule has 0 unspecified atom stereocenters. The van der Waals surface area contributed by atoms with Crippen LogP contribution in [0.1, 0.15) is 136 Å². The van der Waals surface area contributed by atoms with Crippen LogP contribution in [0.2, 0.25) is 0 Å². The molecule has 0 spiro atoms. The highest BCUT2D eigenvalue weighted by atomic mass is 32.2. The van der Waals surface area contributed by atoms with Gasteiger partial charge in [-0.05, 0) is 137 Å². The van der Waals surface area contributed by atoms with Crippen LogP contribution in [0.4, 0.5) is 4.79 Å². The van der Waals surface area contributed by atoms with Gasteiger partial charge in [0.15, 0.2) is 0 Å². The molecule has 5 fully saturated rings. The molecule has 0 aromatic rings. The van der Waals surface area contributed by atoms with E-state index in [-0.39, 0.29) is 54.0 Å². The Morgan fingerprint density at radius 3 is 2.25 bits per heavy atom. The zero-order valence-electron chi connectivity index (χ0n) is 40.1. The highest BCUT2D eigenvalue weighted by Crippen LogP contribution is 2.67. The van der Waals surface area contributed by atoms with Crippen LogP contribution in [0.5, 0.6) is 0 Å². The van der Waals surface area contributed by atoms with E-state index in [1.807, 2.05) is 11.8 Å². The van der Waals surface area contributed by atoms with Crippen LogP contribution in [0, 0.1) is 40.4 Å². The summed E-state index contributed by atoms with van der Waals surface area (Å²) in [4.78, 5) is 48.4. The first-order valence-electron chi connectivity index (χ1n) is 25.6. The molecule has 15 heteroatoms. The molecule has 6 rings (SSSR count). The third-order valence-electron chi connectivity index (χ3n) is 16.3. The average molecular weight is 932 g/mol. The van der Waals surface area contributed by atoms with Crippen LogP contribution in [-0.2, 0) is 33.3 Å². The van der Waals surface area contributed by atoms with Gasteiger partial charge in [-0.15, -0.1) is 0 Å². The van der Waals surface area contributed by atoms with E-state index in [0.717, 1.165) is 94.1 Å². The molecule has 2 heterocycles. The molecule has 2 saturated heterocycles. The number of urea groups is 1. The number of nitrogens with one attached hydrogen (secondary N) is 5. The third kappa shape index (κ3) is 15.0. The SMILES string of the molecule is C[C@H](CCC(=O)NCCCOCCCCOCCCNC(=O)COCCOCCNC(=O)CCCC[C@@H]1SC[C@@H]2NC(=O)N[C@@H]21)[C@H]1CC[C@H]2[C@@H]3CC=C4C[C@@H](O)CC[C@]4(C)[C@H]3CC[C@]12C. The fraction of sp³-hybridized carbons (Fsp3) is 0.880. The lowest BCUT2D eigenvalue weighted by molar-refractivity contribution is -0.126. The minimum Gasteiger partial charge on any atom is -0.393 e. The van der Waals surface area contributed by atoms with Gasteiger partial charge in [-0.3, -0.25) is 14.4 Å². The zero-order valence-corrected chi connectivity index (χ0v) is 40.9. The van der Waals surface area contributed by atoms with Crippen molar-refractivity contribution in [2.24, 2.45) is 40.4 Å². The van der Waals surface area contributed by atoms with Gasteiger partial charge in [0.1, 0.15) is 6.61 Å². The molecule has 370 valence electrons. The summed E-state index contributed by atoms with van der Waals surface area (Å²) in [5.41, 5.74) is 2.22. The maximum absolute atomic E-state index is 12.8. The molecule has 0 radical (unpaired) electrons. The lowest BCUT2D eigenvalue weighted by Crippen LogP contribution is -2.50. The number of aliphatic hydroxyl groups is 1. The minimum atomic E-state index is -0.170. The molecule has 4 aliphatic carbocycles. The van der Waals surface area contributed by atoms with Crippen LogP contribution >= 0.6 is 11.8 Å². The predicted molar refractivity (Wildman–Crippen MR) is 254 cm³/mol. The van der Waals surface area contributed by atoms with Gasteiger partial charge in [0, 0.05) is 69.9 Å². The molecule has 5 amide bonds. The molecule has 2 aliphatic heterocycles. The molecule has 0 aromatic carbocycles. The second-order valence-corrected chi connectivity index (χ2v) is 21.9. The maximum atomic E-state index is 12.8. The zero-order chi connectivity index (χ0) is 46.1. The van der Waals surface area contributed by atoms with Crippen molar-refractivity contribution in [3.63, 3.8) is 0 Å². The first-order valence-corrected chi connectivity index (χ1v) is 26.7. The van der Waals surface area contributed by atoms with Crippen molar-refractivity contribution in [2.45, 2.75) is 160 Å². The summed E-state index contributed by atoms with van der Waals surface area (Å²) < 4.78 is 22.4. The van der Waals surface area contributed by atoms with Crippen molar-refractivity contribution in [3.05, 3.63) is 11.6 Å². The van der Waals surface area contributed by atoms with E-state index in [1.54, 1.807) is 5.57 Å². The molecule has 0 aromatic heterocycles. The van der Waals surface area contributed by atoms with Crippen LogP contribution in [0.3, 0.4) is 0 Å². The van der Waals surface area contributed by atoms with Crippen LogP contribution < -0.4 is 26.6 Å². The number of unbranched alkanes of at least 4 members (excludes halogenated alkanes) is 2. The van der Waals surface area contributed by atoms with E-state index >= 15 is 0 Å². The van der Waals surface area contributed by atoms with Crippen molar-refractivity contribution < 1.29 is 43.2 Å². The summed E-state index contributed by atoms with van der Waals surface area (Å²) in [7, 11) is 0. The highest BCUT2D eigenvalue weighted by Gasteiger charge is 2.59. The Morgan fingerprint density at radius 2 is 1.46 bits per heavy atom. The lowest BCUT2D eigenvalue weighted by Gasteiger charge is -2.58. The second-order valence-electron chi connectivity index (χ2n) is 20.6. The van der Waals surface area contributed by atoms with Gasteiger partial charge in [0.2, 0.25) is 17.7 Å². The number of ether oxygens (including phenoxy) is 4. The van der Waals surface area contributed by atoms with Crippen molar-refractivity contribution in [2.75, 3.05) is 78.2 Å². The third-order valence-corrected chi connectivity index (χ3v) is 17.8. The molecule has 6 aliphatic rings. The maximum Gasteiger partial charge on any atom is 0.315 e. The number of carbonyl (C=O) groups is 4. The number of allylic oxidation sites excluding steroid dienone is 1. The van der Waals surface area contributed by atoms with E-state index < -0.39 is 0 Å². The largest absolute Gasteiger partial charge is 0.393 e. The topological polar surface area (TPSA) is 186 Å². The Hall–Kier alpha value is -2.43. The van der Waals surface area contributed by atoms with Crippen molar-refractivity contribution in [3.8, 4) is 0 Å². The van der Waals surface area contributed by atoms with Crippen molar-refractivity contribution in [1.29, 1.82) is 0 Å². The summed E-state index contributed by atoms with van der Waals surface area (Å²) in [6, 6.07) is 0.374. The molecular formula is C50H85N5O9S. The predicted octanol–water partition coefficient (Wildman–Crippen LogP) is 6.04. The van der Waals surface area contributed by atoms with Gasteiger partial charge in [-0.25, -0.2) is 4.79 Å². The number of carbonyl (C=O) groups excluding carboxylic acids is 4. The van der Waals surface area contributed by atoms with Gasteiger partial charge in [0.25, 0.3) is 0 Å². The monoisotopic (exact) mass is 932 g/mol. The number of amides is 5. The minimum absolute atomic E-state index is 0.0166. The number of hydrogen-bond donors (Lipinski definition) is 6. The van der Waals surface area contributed by atoms with Crippen molar-refractivity contribution >= 4 is 35.5 Å². The van der Waals surface area contributed by atoms with E-state index in [1.165, 1.54) is 32.1 Å². The summed E-state index contributed by atoms with van der Waals surface area (Å²) in [6.45, 7) is 12.7. The fourth-order valence-electron chi connectivity index (χ4n) is 12.7. The lowest BCUT2D eigenvalue weighted by atomic mass is 9.47. The first kappa shape index (κ1) is 52.0. The molecule has 65 heavy (non-hydrogen) atoms. The Bertz CT molecular complexity index is 1560. The van der Waals surface area contributed by atoms with Crippen LogP contribution in [0.25, 0.3) is 0 Å². The van der Waals surface area contributed by atoms with Gasteiger partial charge in [0.05, 0.1) is 38.0 Å². The number of hydrogen-bond acceptors (Lipinski definition) is 10. The first-order chi connectivity index (χ1) is 31.5. The summed E-state index contributed by atoms with van der Waals surface area (Å²) in [5, 5.41) is 25.6. The van der Waals surface area contributed by atoms with E-state index in [4.69, 9.17) is 18.9 Å².